The van der Waals surface area contributed by atoms with Gasteiger partial charge in [0.15, 0.2) is 0 Å². The minimum absolute atomic E-state index is 0.0345. The highest BCUT2D eigenvalue weighted by Gasteiger charge is 2.25. The Bertz CT molecular complexity index is 426. The van der Waals surface area contributed by atoms with Crippen molar-refractivity contribution in [3.8, 4) is 0 Å². The quantitative estimate of drug-likeness (QED) is 0.809. The fourth-order valence-electron chi connectivity index (χ4n) is 3.12. The van der Waals surface area contributed by atoms with Crippen molar-refractivity contribution in [3.63, 3.8) is 0 Å². The van der Waals surface area contributed by atoms with Crippen LogP contribution >= 0.6 is 0 Å². The smallest absolute Gasteiger partial charge is 0.227 e. The SMILES string of the molecule is CCC(C)C(C(=O)NCC[C@H]1CCCN1)c1ccccc1. The van der Waals surface area contributed by atoms with Crippen LogP contribution in [0.25, 0.3) is 0 Å². The number of hydrogen-bond acceptors (Lipinski definition) is 2. The van der Waals surface area contributed by atoms with Crippen LogP contribution in [0, 0.1) is 5.92 Å². The molecule has 3 atom stereocenters. The molecule has 0 aromatic heterocycles. The molecule has 0 aliphatic carbocycles. The molecule has 1 aliphatic heterocycles. The van der Waals surface area contributed by atoms with Crippen LogP contribution in [0.3, 0.4) is 0 Å². The Morgan fingerprint density at radius 3 is 2.76 bits per heavy atom. The highest BCUT2D eigenvalue weighted by molar-refractivity contribution is 5.83. The Hall–Kier alpha value is -1.35. The number of hydrogen-bond donors (Lipinski definition) is 2. The van der Waals surface area contributed by atoms with Crippen LogP contribution in [0.2, 0.25) is 0 Å². The molecule has 1 aromatic rings. The topological polar surface area (TPSA) is 41.1 Å². The van der Waals surface area contributed by atoms with E-state index in [1.54, 1.807) is 0 Å². The third-order valence-corrected chi connectivity index (χ3v) is 4.61. The monoisotopic (exact) mass is 288 g/mol. The average Bonchev–Trinajstić information content (AvgIpc) is 3.01. The van der Waals surface area contributed by atoms with Crippen molar-refractivity contribution in [1.82, 2.24) is 10.6 Å². The Morgan fingerprint density at radius 2 is 2.14 bits per heavy atom. The molecule has 1 saturated heterocycles. The lowest BCUT2D eigenvalue weighted by molar-refractivity contribution is -0.123. The summed E-state index contributed by atoms with van der Waals surface area (Å²) in [6, 6.07) is 10.7. The van der Waals surface area contributed by atoms with Gasteiger partial charge in [0.05, 0.1) is 5.92 Å². The maximum atomic E-state index is 12.6. The van der Waals surface area contributed by atoms with Crippen LogP contribution in [0.1, 0.15) is 51.0 Å². The van der Waals surface area contributed by atoms with E-state index >= 15 is 0 Å². The minimum atomic E-state index is -0.0345. The van der Waals surface area contributed by atoms with Gasteiger partial charge < -0.3 is 10.6 Å². The summed E-state index contributed by atoms with van der Waals surface area (Å²) in [5, 5.41) is 6.62. The van der Waals surface area contributed by atoms with Crippen LogP contribution < -0.4 is 10.6 Å². The fraction of sp³-hybridized carbons (Fsp3) is 0.611. The summed E-state index contributed by atoms with van der Waals surface area (Å²) in [5.74, 6) is 0.498. The van der Waals surface area contributed by atoms with Crippen LogP contribution in [-0.4, -0.2) is 25.0 Å². The van der Waals surface area contributed by atoms with Crippen molar-refractivity contribution in [2.24, 2.45) is 5.92 Å². The summed E-state index contributed by atoms with van der Waals surface area (Å²) >= 11 is 0. The van der Waals surface area contributed by atoms with Gasteiger partial charge in [-0.2, -0.15) is 0 Å². The lowest BCUT2D eigenvalue weighted by atomic mass is 9.85. The van der Waals surface area contributed by atoms with E-state index < -0.39 is 0 Å². The number of carbonyl (C=O) groups excluding carboxylic acids is 1. The van der Waals surface area contributed by atoms with E-state index in [2.05, 4.69) is 36.6 Å². The third kappa shape index (κ3) is 4.57. The molecule has 0 bridgehead atoms. The lowest BCUT2D eigenvalue weighted by Crippen LogP contribution is -2.35. The second-order valence-corrected chi connectivity index (χ2v) is 6.15. The number of carbonyl (C=O) groups is 1. The highest BCUT2D eigenvalue weighted by atomic mass is 16.1. The largest absolute Gasteiger partial charge is 0.356 e. The fourth-order valence-corrected chi connectivity index (χ4v) is 3.12. The first-order chi connectivity index (χ1) is 10.2. The van der Waals surface area contributed by atoms with Crippen molar-refractivity contribution in [2.75, 3.05) is 13.1 Å². The van der Waals surface area contributed by atoms with E-state index in [1.165, 1.54) is 12.8 Å². The second kappa shape index (κ2) is 8.18. The van der Waals surface area contributed by atoms with E-state index in [-0.39, 0.29) is 11.8 Å². The molecule has 3 nitrogen and oxygen atoms in total. The summed E-state index contributed by atoms with van der Waals surface area (Å²) in [7, 11) is 0. The molecule has 1 heterocycles. The van der Waals surface area contributed by atoms with Gasteiger partial charge in [0.2, 0.25) is 5.91 Å². The van der Waals surface area contributed by atoms with E-state index in [0.29, 0.717) is 12.0 Å². The van der Waals surface area contributed by atoms with Gasteiger partial charge in [-0.3, -0.25) is 4.79 Å². The number of amides is 1. The van der Waals surface area contributed by atoms with E-state index in [0.717, 1.165) is 31.5 Å². The molecule has 2 rings (SSSR count). The predicted molar refractivity (Wildman–Crippen MR) is 87.3 cm³/mol. The third-order valence-electron chi connectivity index (χ3n) is 4.61. The summed E-state index contributed by atoms with van der Waals surface area (Å²) in [4.78, 5) is 12.6. The molecule has 1 aromatic carbocycles. The molecule has 0 radical (unpaired) electrons. The molecule has 2 N–H and O–H groups in total. The zero-order valence-corrected chi connectivity index (χ0v) is 13.3. The molecule has 21 heavy (non-hydrogen) atoms. The minimum Gasteiger partial charge on any atom is -0.356 e. The number of rotatable bonds is 7. The van der Waals surface area contributed by atoms with Crippen LogP contribution in [0.4, 0.5) is 0 Å². The zero-order valence-electron chi connectivity index (χ0n) is 13.3. The van der Waals surface area contributed by atoms with E-state index in [9.17, 15) is 4.79 Å². The van der Waals surface area contributed by atoms with Gasteiger partial charge >= 0.3 is 0 Å². The average molecular weight is 288 g/mol. The molecule has 116 valence electrons. The second-order valence-electron chi connectivity index (χ2n) is 6.15. The van der Waals surface area contributed by atoms with Crippen molar-refractivity contribution in [2.45, 2.75) is 51.5 Å². The molecule has 0 saturated carbocycles. The number of benzene rings is 1. The summed E-state index contributed by atoms with van der Waals surface area (Å²) in [5.41, 5.74) is 1.13. The van der Waals surface area contributed by atoms with Gasteiger partial charge in [0, 0.05) is 12.6 Å². The van der Waals surface area contributed by atoms with Gasteiger partial charge in [-0.15, -0.1) is 0 Å². The van der Waals surface area contributed by atoms with Crippen LogP contribution in [0.15, 0.2) is 30.3 Å². The molecule has 1 amide bonds. The molecular formula is C18H28N2O. The summed E-state index contributed by atoms with van der Waals surface area (Å²) < 4.78 is 0. The highest BCUT2D eigenvalue weighted by Crippen LogP contribution is 2.27. The first-order valence-corrected chi connectivity index (χ1v) is 8.28. The normalized spacial score (nSPS) is 21.0. The maximum Gasteiger partial charge on any atom is 0.227 e. The van der Waals surface area contributed by atoms with Crippen molar-refractivity contribution in [3.05, 3.63) is 35.9 Å². The first-order valence-electron chi connectivity index (χ1n) is 8.28. The standard InChI is InChI=1S/C18H28N2O/c1-3-14(2)17(15-8-5-4-6-9-15)18(21)20-13-11-16-10-7-12-19-16/h4-6,8-9,14,16-17,19H,3,7,10-13H2,1-2H3,(H,20,21)/t14?,16-,17?/m1/s1. The van der Waals surface area contributed by atoms with Crippen LogP contribution in [-0.2, 0) is 4.79 Å². The van der Waals surface area contributed by atoms with Crippen molar-refractivity contribution < 1.29 is 4.79 Å². The van der Waals surface area contributed by atoms with Crippen molar-refractivity contribution in [1.29, 1.82) is 0 Å². The van der Waals surface area contributed by atoms with Crippen molar-refractivity contribution >= 4 is 5.91 Å². The van der Waals surface area contributed by atoms with E-state index in [1.807, 2.05) is 18.2 Å². The van der Waals surface area contributed by atoms with Gasteiger partial charge in [-0.05, 0) is 37.3 Å². The van der Waals surface area contributed by atoms with Gasteiger partial charge in [0.25, 0.3) is 0 Å². The molecule has 1 aliphatic rings. The summed E-state index contributed by atoms with van der Waals surface area (Å²) in [6.07, 6.45) is 4.55. The molecule has 1 fully saturated rings. The predicted octanol–water partition coefficient (Wildman–Crippen LogP) is 3.07. The zero-order chi connectivity index (χ0) is 15.1. The summed E-state index contributed by atoms with van der Waals surface area (Å²) in [6.45, 7) is 6.21. The lowest BCUT2D eigenvalue weighted by Gasteiger charge is -2.23. The van der Waals surface area contributed by atoms with Gasteiger partial charge in [-0.25, -0.2) is 0 Å². The molecular weight excluding hydrogens is 260 g/mol. The van der Waals surface area contributed by atoms with Gasteiger partial charge in [0.1, 0.15) is 0 Å². The Kier molecular flexibility index (Phi) is 6.24. The van der Waals surface area contributed by atoms with E-state index in [4.69, 9.17) is 0 Å². The Balaban J connectivity index is 1.91. The number of nitrogens with one attached hydrogen (secondary N) is 2. The molecule has 3 heteroatoms. The first kappa shape index (κ1) is 16.0. The van der Waals surface area contributed by atoms with Crippen LogP contribution in [0.5, 0.6) is 0 Å². The Labute approximate surface area is 128 Å². The maximum absolute atomic E-state index is 12.6. The Morgan fingerprint density at radius 1 is 1.38 bits per heavy atom. The molecule has 0 spiro atoms. The molecule has 2 unspecified atom stereocenters. The van der Waals surface area contributed by atoms with Gasteiger partial charge in [-0.1, -0.05) is 50.6 Å².